The Morgan fingerprint density at radius 2 is 2.64 bits per heavy atom. The first-order chi connectivity index (χ1) is 6.75. The lowest BCUT2D eigenvalue weighted by Gasteiger charge is -2.06. The SMILES string of the molecule is Cn1ncc(CC(=O)C2CCCN2)n1. The summed E-state index contributed by atoms with van der Waals surface area (Å²) in [5.74, 6) is 0.225. The standard InChI is InChI=1S/C9H14N4O/c1-13-11-6-7(12-13)5-9(14)8-3-2-4-10-8/h6,8,10H,2-5H2,1H3. The minimum absolute atomic E-state index is 0.0389. The van der Waals surface area contributed by atoms with Gasteiger partial charge in [0.25, 0.3) is 0 Å². The van der Waals surface area contributed by atoms with E-state index in [2.05, 4.69) is 15.5 Å². The largest absolute Gasteiger partial charge is 0.307 e. The van der Waals surface area contributed by atoms with Gasteiger partial charge in [-0.15, -0.1) is 0 Å². The average Bonchev–Trinajstić information content (AvgIpc) is 2.75. The second-order valence-corrected chi connectivity index (χ2v) is 3.62. The molecule has 0 spiro atoms. The molecule has 0 aliphatic carbocycles. The molecule has 5 nitrogen and oxygen atoms in total. The van der Waals surface area contributed by atoms with Gasteiger partial charge in [0.05, 0.1) is 24.4 Å². The van der Waals surface area contributed by atoms with E-state index in [0.29, 0.717) is 6.42 Å². The molecule has 5 heteroatoms. The van der Waals surface area contributed by atoms with Gasteiger partial charge >= 0.3 is 0 Å². The molecule has 1 aromatic heterocycles. The first kappa shape index (κ1) is 9.33. The van der Waals surface area contributed by atoms with Crippen LogP contribution in [0.25, 0.3) is 0 Å². The summed E-state index contributed by atoms with van der Waals surface area (Å²) in [6.07, 6.45) is 4.09. The van der Waals surface area contributed by atoms with Crippen LogP contribution >= 0.6 is 0 Å². The Hall–Kier alpha value is -1.23. The quantitative estimate of drug-likeness (QED) is 0.716. The Labute approximate surface area is 82.5 Å². The summed E-state index contributed by atoms with van der Waals surface area (Å²) in [6, 6.07) is 0.0389. The molecule has 76 valence electrons. The zero-order chi connectivity index (χ0) is 9.97. The summed E-state index contributed by atoms with van der Waals surface area (Å²) in [7, 11) is 1.75. The number of carbonyl (C=O) groups excluding carboxylic acids is 1. The Morgan fingerprint density at radius 3 is 3.21 bits per heavy atom. The van der Waals surface area contributed by atoms with E-state index in [0.717, 1.165) is 25.1 Å². The van der Waals surface area contributed by atoms with Crippen molar-refractivity contribution >= 4 is 5.78 Å². The molecule has 1 saturated heterocycles. The predicted octanol–water partition coefficient (Wildman–Crippen LogP) is -0.321. The third kappa shape index (κ3) is 1.98. The second kappa shape index (κ2) is 3.88. The maximum Gasteiger partial charge on any atom is 0.155 e. The smallest absolute Gasteiger partial charge is 0.155 e. The van der Waals surface area contributed by atoms with Crippen molar-refractivity contribution in [1.29, 1.82) is 0 Å². The van der Waals surface area contributed by atoms with Gasteiger partial charge in [-0.25, -0.2) is 0 Å². The van der Waals surface area contributed by atoms with Crippen LogP contribution in [0, 0.1) is 0 Å². The van der Waals surface area contributed by atoms with Gasteiger partial charge in [0.2, 0.25) is 0 Å². The molecular weight excluding hydrogens is 180 g/mol. The molecule has 0 amide bonds. The summed E-state index contributed by atoms with van der Waals surface area (Å²) >= 11 is 0. The van der Waals surface area contributed by atoms with Crippen molar-refractivity contribution in [2.45, 2.75) is 25.3 Å². The van der Waals surface area contributed by atoms with Gasteiger partial charge in [-0.2, -0.15) is 15.0 Å². The van der Waals surface area contributed by atoms with Crippen molar-refractivity contribution in [2.75, 3.05) is 6.54 Å². The number of aryl methyl sites for hydroxylation is 1. The zero-order valence-electron chi connectivity index (χ0n) is 8.23. The van der Waals surface area contributed by atoms with E-state index in [9.17, 15) is 4.79 Å². The first-order valence-corrected chi connectivity index (χ1v) is 4.87. The number of nitrogens with zero attached hydrogens (tertiary/aromatic N) is 3. The van der Waals surface area contributed by atoms with Crippen LogP contribution in [0.3, 0.4) is 0 Å². The molecule has 2 rings (SSSR count). The second-order valence-electron chi connectivity index (χ2n) is 3.62. The molecule has 0 bridgehead atoms. The highest BCUT2D eigenvalue weighted by molar-refractivity contribution is 5.85. The van der Waals surface area contributed by atoms with E-state index < -0.39 is 0 Å². The van der Waals surface area contributed by atoms with Crippen LogP contribution in [-0.2, 0) is 18.3 Å². The van der Waals surface area contributed by atoms with Crippen molar-refractivity contribution in [3.05, 3.63) is 11.9 Å². The van der Waals surface area contributed by atoms with Crippen molar-refractivity contribution in [3.63, 3.8) is 0 Å². The van der Waals surface area contributed by atoms with E-state index in [1.165, 1.54) is 4.80 Å². The molecule has 1 N–H and O–H groups in total. The molecule has 14 heavy (non-hydrogen) atoms. The highest BCUT2D eigenvalue weighted by Crippen LogP contribution is 2.08. The van der Waals surface area contributed by atoms with Gasteiger partial charge in [-0.05, 0) is 19.4 Å². The Kier molecular flexibility index (Phi) is 2.58. The molecule has 1 unspecified atom stereocenters. The van der Waals surface area contributed by atoms with E-state index in [1.54, 1.807) is 13.2 Å². The molecule has 1 aliphatic heterocycles. The van der Waals surface area contributed by atoms with Gasteiger partial charge in [0, 0.05) is 7.05 Å². The van der Waals surface area contributed by atoms with E-state index >= 15 is 0 Å². The fraction of sp³-hybridized carbons (Fsp3) is 0.667. The monoisotopic (exact) mass is 194 g/mol. The number of aromatic nitrogens is 3. The highest BCUT2D eigenvalue weighted by atomic mass is 16.1. The molecule has 1 aromatic rings. The van der Waals surface area contributed by atoms with Crippen LogP contribution in [0.4, 0.5) is 0 Å². The molecule has 1 aliphatic rings. The van der Waals surface area contributed by atoms with Crippen molar-refractivity contribution in [1.82, 2.24) is 20.3 Å². The number of hydrogen-bond acceptors (Lipinski definition) is 4. The summed E-state index contributed by atoms with van der Waals surface area (Å²) in [5.41, 5.74) is 0.756. The first-order valence-electron chi connectivity index (χ1n) is 4.87. The lowest BCUT2D eigenvalue weighted by atomic mass is 10.1. The summed E-state index contributed by atoms with van der Waals surface area (Å²) in [5, 5.41) is 11.2. The zero-order valence-corrected chi connectivity index (χ0v) is 8.23. The number of rotatable bonds is 3. The fourth-order valence-electron chi connectivity index (χ4n) is 1.73. The van der Waals surface area contributed by atoms with Crippen molar-refractivity contribution in [2.24, 2.45) is 7.05 Å². The predicted molar refractivity (Wildman–Crippen MR) is 50.7 cm³/mol. The Balaban J connectivity index is 1.93. The minimum atomic E-state index is 0.0389. The molecule has 1 fully saturated rings. The average molecular weight is 194 g/mol. The maximum atomic E-state index is 11.7. The van der Waals surface area contributed by atoms with Crippen LogP contribution < -0.4 is 5.32 Å². The van der Waals surface area contributed by atoms with E-state index in [1.807, 2.05) is 0 Å². The number of hydrogen-bond donors (Lipinski definition) is 1. The fourth-order valence-corrected chi connectivity index (χ4v) is 1.73. The van der Waals surface area contributed by atoms with Crippen LogP contribution in [-0.4, -0.2) is 33.4 Å². The van der Waals surface area contributed by atoms with E-state index in [-0.39, 0.29) is 11.8 Å². The minimum Gasteiger partial charge on any atom is -0.307 e. The molecule has 2 heterocycles. The van der Waals surface area contributed by atoms with E-state index in [4.69, 9.17) is 0 Å². The van der Waals surface area contributed by atoms with Crippen LogP contribution in [0.5, 0.6) is 0 Å². The summed E-state index contributed by atoms with van der Waals surface area (Å²) in [6.45, 7) is 0.955. The van der Waals surface area contributed by atoms with Gasteiger partial charge in [-0.3, -0.25) is 4.79 Å². The lowest BCUT2D eigenvalue weighted by molar-refractivity contribution is -0.120. The van der Waals surface area contributed by atoms with Crippen LogP contribution in [0.1, 0.15) is 18.5 Å². The number of carbonyl (C=O) groups is 1. The molecule has 0 saturated carbocycles. The molecule has 0 aromatic carbocycles. The normalized spacial score (nSPS) is 21.4. The van der Waals surface area contributed by atoms with Gasteiger partial charge in [0.1, 0.15) is 0 Å². The number of ketones is 1. The van der Waals surface area contributed by atoms with Gasteiger partial charge < -0.3 is 5.32 Å². The van der Waals surface area contributed by atoms with Crippen molar-refractivity contribution < 1.29 is 4.79 Å². The number of Topliss-reactive ketones (excluding diaryl/α,β-unsaturated/α-hetero) is 1. The summed E-state index contributed by atoms with van der Waals surface area (Å²) in [4.78, 5) is 13.2. The topological polar surface area (TPSA) is 59.8 Å². The molecular formula is C9H14N4O. The van der Waals surface area contributed by atoms with Gasteiger partial charge in [-0.1, -0.05) is 0 Å². The van der Waals surface area contributed by atoms with Crippen molar-refractivity contribution in [3.8, 4) is 0 Å². The number of nitrogens with one attached hydrogen (secondary N) is 1. The molecule has 0 radical (unpaired) electrons. The highest BCUT2D eigenvalue weighted by Gasteiger charge is 2.22. The molecule has 1 atom stereocenters. The van der Waals surface area contributed by atoms with Gasteiger partial charge in [0.15, 0.2) is 5.78 Å². The Bertz CT molecular complexity index is 327. The third-order valence-corrected chi connectivity index (χ3v) is 2.45. The van der Waals surface area contributed by atoms with Crippen LogP contribution in [0.2, 0.25) is 0 Å². The Morgan fingerprint density at radius 1 is 1.79 bits per heavy atom. The lowest BCUT2D eigenvalue weighted by Crippen LogP contribution is -2.32. The third-order valence-electron chi connectivity index (χ3n) is 2.45. The summed E-state index contributed by atoms with van der Waals surface area (Å²) < 4.78 is 0. The maximum absolute atomic E-state index is 11.7. The van der Waals surface area contributed by atoms with Crippen LogP contribution in [0.15, 0.2) is 6.20 Å².